The van der Waals surface area contributed by atoms with Crippen LogP contribution < -0.4 is 8.85 Å². The molecule has 0 aliphatic carbocycles. The molecule has 0 heterocycles. The van der Waals surface area contributed by atoms with Crippen molar-refractivity contribution in [1.82, 2.24) is 0 Å². The van der Waals surface area contributed by atoms with Gasteiger partial charge in [-0.05, 0) is 24.3 Å². The molecule has 23 heavy (non-hydrogen) atoms. The van der Waals surface area contributed by atoms with Crippen LogP contribution in [-0.2, 0) is 8.85 Å². The number of hydrogen-bond donors (Lipinski definition) is 0. The third kappa shape index (κ3) is 5.41. The zero-order valence-corrected chi connectivity index (χ0v) is 13.9. The highest BCUT2D eigenvalue weighted by molar-refractivity contribution is 6.55. The van der Waals surface area contributed by atoms with Crippen molar-refractivity contribution in [3.63, 3.8) is 0 Å². The Morgan fingerprint density at radius 3 is 1.43 bits per heavy atom. The van der Waals surface area contributed by atoms with Gasteiger partial charge in [-0.15, -0.1) is 13.2 Å². The van der Waals surface area contributed by atoms with Crippen LogP contribution in [0.5, 0.6) is 11.5 Å². The molecule has 0 spiro atoms. The van der Waals surface area contributed by atoms with Gasteiger partial charge >= 0.3 is 9.05 Å². The van der Waals surface area contributed by atoms with Crippen LogP contribution in [0.2, 0.25) is 0 Å². The fraction of sp³-hybridized carbons (Fsp3) is 0.111. The fourth-order valence-electron chi connectivity index (χ4n) is 1.77. The Balaban J connectivity index is 2.27. The molecule has 2 aromatic carbocycles. The fourth-order valence-corrected chi connectivity index (χ4v) is 3.62. The Morgan fingerprint density at radius 2 is 1.09 bits per heavy atom. The molecule has 0 N–H and O–H groups in total. The molecule has 0 aliphatic heterocycles. The SMILES string of the molecule is C=CCO[Si](OCC=C)(Oc1ccccc1)Oc1ccccc1. The molecule has 2 rings (SSSR count). The van der Waals surface area contributed by atoms with Gasteiger partial charge in [0, 0.05) is 0 Å². The number of para-hydroxylation sites is 2. The normalized spacial score (nSPS) is 10.8. The van der Waals surface area contributed by atoms with Crippen LogP contribution in [-0.4, -0.2) is 22.3 Å². The number of rotatable bonds is 10. The third-order valence-corrected chi connectivity index (χ3v) is 4.74. The van der Waals surface area contributed by atoms with E-state index >= 15 is 0 Å². The first-order chi connectivity index (χ1) is 11.3. The zero-order chi connectivity index (χ0) is 16.4. The molecule has 0 atom stereocenters. The minimum absolute atomic E-state index is 0.253. The van der Waals surface area contributed by atoms with E-state index in [-0.39, 0.29) is 13.2 Å². The van der Waals surface area contributed by atoms with E-state index in [1.165, 1.54) is 0 Å². The van der Waals surface area contributed by atoms with Gasteiger partial charge in [0.25, 0.3) is 0 Å². The summed E-state index contributed by atoms with van der Waals surface area (Å²) in [5.41, 5.74) is 0. The average molecular weight is 328 g/mol. The van der Waals surface area contributed by atoms with Crippen LogP contribution in [0.1, 0.15) is 0 Å². The van der Waals surface area contributed by atoms with Crippen molar-refractivity contribution in [3.05, 3.63) is 86.0 Å². The summed E-state index contributed by atoms with van der Waals surface area (Å²) in [7, 11) is -3.46. The van der Waals surface area contributed by atoms with Crippen LogP contribution in [0.4, 0.5) is 0 Å². The molecule has 0 amide bonds. The summed E-state index contributed by atoms with van der Waals surface area (Å²) >= 11 is 0. The Hall–Kier alpha value is -2.34. The summed E-state index contributed by atoms with van der Waals surface area (Å²) < 4.78 is 23.6. The lowest BCUT2D eigenvalue weighted by molar-refractivity contribution is 0.0590. The molecule has 0 saturated heterocycles. The molecule has 0 radical (unpaired) electrons. The smallest absolute Gasteiger partial charge is 0.471 e. The predicted octanol–water partition coefficient (Wildman–Crippen LogP) is 3.99. The number of hydrogen-bond acceptors (Lipinski definition) is 4. The van der Waals surface area contributed by atoms with E-state index in [1.807, 2.05) is 60.7 Å². The van der Waals surface area contributed by atoms with Crippen LogP contribution in [0, 0.1) is 0 Å². The highest BCUT2D eigenvalue weighted by atomic mass is 28.4. The largest absolute Gasteiger partial charge is 0.821 e. The van der Waals surface area contributed by atoms with Crippen LogP contribution in [0.25, 0.3) is 0 Å². The summed E-state index contributed by atoms with van der Waals surface area (Å²) in [6, 6.07) is 18.6. The minimum atomic E-state index is -3.46. The van der Waals surface area contributed by atoms with E-state index in [1.54, 1.807) is 12.2 Å². The molecule has 0 aromatic heterocycles. The van der Waals surface area contributed by atoms with E-state index in [2.05, 4.69) is 13.2 Å². The minimum Gasteiger partial charge on any atom is -0.471 e. The van der Waals surface area contributed by atoms with Gasteiger partial charge in [0.2, 0.25) is 0 Å². The van der Waals surface area contributed by atoms with Crippen LogP contribution in [0.15, 0.2) is 86.0 Å². The highest BCUT2D eigenvalue weighted by Gasteiger charge is 2.51. The van der Waals surface area contributed by atoms with Gasteiger partial charge in [-0.25, -0.2) is 0 Å². The van der Waals surface area contributed by atoms with Gasteiger partial charge < -0.3 is 17.7 Å². The number of benzene rings is 2. The standard InChI is InChI=1S/C18H20O4Si/c1-3-15-19-23(20-16-4-2,21-17-11-7-5-8-12-17)22-18-13-9-6-10-14-18/h3-14H,1-2,15-16H2. The molecule has 0 saturated carbocycles. The van der Waals surface area contributed by atoms with Crippen molar-refractivity contribution in [3.8, 4) is 11.5 Å². The molecule has 0 bridgehead atoms. The molecular formula is C18H20O4Si. The van der Waals surface area contributed by atoms with Gasteiger partial charge in [-0.2, -0.15) is 0 Å². The first-order valence-corrected chi connectivity index (χ1v) is 8.89. The second-order valence-corrected chi connectivity index (χ2v) is 6.52. The van der Waals surface area contributed by atoms with Gasteiger partial charge in [-0.1, -0.05) is 48.6 Å². The molecule has 0 fully saturated rings. The van der Waals surface area contributed by atoms with Crippen molar-refractivity contribution in [2.75, 3.05) is 13.2 Å². The maximum Gasteiger partial charge on any atom is 0.821 e. The van der Waals surface area contributed by atoms with Crippen molar-refractivity contribution >= 4 is 9.05 Å². The zero-order valence-electron chi connectivity index (χ0n) is 12.9. The van der Waals surface area contributed by atoms with E-state index < -0.39 is 9.05 Å². The van der Waals surface area contributed by atoms with Gasteiger partial charge in [0.05, 0.1) is 13.2 Å². The Bertz CT molecular complexity index is 545. The predicted molar refractivity (Wildman–Crippen MR) is 92.2 cm³/mol. The maximum absolute atomic E-state index is 5.99. The molecule has 2 aromatic rings. The van der Waals surface area contributed by atoms with Crippen molar-refractivity contribution in [2.45, 2.75) is 0 Å². The lowest BCUT2D eigenvalue weighted by Crippen LogP contribution is -2.55. The van der Waals surface area contributed by atoms with E-state index in [9.17, 15) is 0 Å². The monoisotopic (exact) mass is 328 g/mol. The summed E-state index contributed by atoms with van der Waals surface area (Å²) in [5.74, 6) is 1.23. The average Bonchev–Trinajstić information content (AvgIpc) is 2.60. The summed E-state index contributed by atoms with van der Waals surface area (Å²) in [6.07, 6.45) is 3.25. The topological polar surface area (TPSA) is 36.9 Å². The van der Waals surface area contributed by atoms with Gasteiger partial charge in [0.15, 0.2) is 0 Å². The third-order valence-electron chi connectivity index (χ3n) is 2.73. The van der Waals surface area contributed by atoms with E-state index in [4.69, 9.17) is 17.7 Å². The molecular weight excluding hydrogens is 308 g/mol. The van der Waals surface area contributed by atoms with Crippen molar-refractivity contribution in [1.29, 1.82) is 0 Å². The molecule has 0 aliphatic rings. The quantitative estimate of drug-likeness (QED) is 0.488. The molecule has 4 nitrogen and oxygen atoms in total. The first-order valence-electron chi connectivity index (χ1n) is 7.26. The van der Waals surface area contributed by atoms with E-state index in [0.29, 0.717) is 11.5 Å². The maximum atomic E-state index is 5.99. The Kier molecular flexibility index (Phi) is 6.62. The van der Waals surface area contributed by atoms with Crippen molar-refractivity contribution in [2.24, 2.45) is 0 Å². The summed E-state index contributed by atoms with van der Waals surface area (Å²) in [4.78, 5) is 0. The molecule has 120 valence electrons. The Labute approximate surface area is 138 Å². The first kappa shape index (κ1) is 17.0. The lowest BCUT2D eigenvalue weighted by Gasteiger charge is -2.27. The second kappa shape index (κ2) is 8.95. The van der Waals surface area contributed by atoms with Crippen molar-refractivity contribution < 1.29 is 17.7 Å². The second-order valence-electron chi connectivity index (χ2n) is 4.53. The van der Waals surface area contributed by atoms with Gasteiger partial charge in [0.1, 0.15) is 11.5 Å². The Morgan fingerprint density at radius 1 is 0.696 bits per heavy atom. The lowest BCUT2D eigenvalue weighted by atomic mass is 10.3. The molecule has 5 heteroatoms. The summed E-state index contributed by atoms with van der Waals surface area (Å²) in [5, 5.41) is 0. The highest BCUT2D eigenvalue weighted by Crippen LogP contribution is 2.22. The molecule has 0 unspecified atom stereocenters. The van der Waals surface area contributed by atoms with Crippen LogP contribution in [0.3, 0.4) is 0 Å². The van der Waals surface area contributed by atoms with Crippen LogP contribution >= 0.6 is 0 Å². The van der Waals surface area contributed by atoms with Gasteiger partial charge in [-0.3, -0.25) is 0 Å². The van der Waals surface area contributed by atoms with E-state index in [0.717, 1.165) is 0 Å². The summed E-state index contributed by atoms with van der Waals surface area (Å²) in [6.45, 7) is 7.84.